The Morgan fingerprint density at radius 2 is 2.37 bits per heavy atom. The van der Waals surface area contributed by atoms with Crippen LogP contribution in [0.15, 0.2) is 23.2 Å². The first kappa shape index (κ1) is 12.2. The van der Waals surface area contributed by atoms with Crippen molar-refractivity contribution in [1.82, 2.24) is 4.90 Å². The Hall–Kier alpha value is -1.88. The van der Waals surface area contributed by atoms with Crippen molar-refractivity contribution in [2.24, 2.45) is 16.6 Å². The molecule has 3 rings (SSSR count). The highest BCUT2D eigenvalue weighted by Crippen LogP contribution is 2.39. The van der Waals surface area contributed by atoms with Crippen LogP contribution in [0.3, 0.4) is 0 Å². The molecule has 1 saturated heterocycles. The lowest BCUT2D eigenvalue weighted by Crippen LogP contribution is -2.29. The Bertz CT molecular complexity index is 541. The maximum atomic E-state index is 11.6. The van der Waals surface area contributed by atoms with E-state index in [2.05, 4.69) is 9.89 Å². The second-order valence-corrected chi connectivity index (χ2v) is 5.07. The highest BCUT2D eigenvalue weighted by atomic mass is 16.5. The van der Waals surface area contributed by atoms with Crippen LogP contribution >= 0.6 is 0 Å². The number of rotatable bonds is 2. The molecule has 2 aliphatic rings. The van der Waals surface area contributed by atoms with Gasteiger partial charge in [0.1, 0.15) is 18.0 Å². The van der Waals surface area contributed by atoms with E-state index in [-0.39, 0.29) is 17.9 Å². The quantitative estimate of drug-likeness (QED) is 0.869. The number of nitrogens with zero attached hydrogens (tertiary/aromatic N) is 2. The van der Waals surface area contributed by atoms with Crippen LogP contribution in [-0.2, 0) is 4.79 Å². The van der Waals surface area contributed by atoms with Crippen LogP contribution in [0.5, 0.6) is 5.75 Å². The van der Waals surface area contributed by atoms with Gasteiger partial charge in [-0.15, -0.1) is 0 Å². The molecule has 100 valence electrons. The number of carbonyl (C=O) groups is 1. The second kappa shape index (κ2) is 4.66. The minimum Gasteiger partial charge on any atom is -0.486 e. The number of ether oxygens (including phenoxy) is 1. The van der Waals surface area contributed by atoms with E-state index < -0.39 is 0 Å². The van der Waals surface area contributed by atoms with Crippen molar-refractivity contribution >= 4 is 17.8 Å². The molecule has 5 heteroatoms. The molecule has 1 aromatic carbocycles. The Labute approximate surface area is 112 Å². The molecule has 0 bridgehead atoms. The van der Waals surface area contributed by atoms with Crippen molar-refractivity contribution in [3.8, 4) is 5.75 Å². The zero-order valence-corrected chi connectivity index (χ0v) is 10.9. The van der Waals surface area contributed by atoms with Crippen LogP contribution in [0.1, 0.15) is 18.0 Å². The van der Waals surface area contributed by atoms with Gasteiger partial charge in [-0.25, -0.2) is 0 Å². The van der Waals surface area contributed by atoms with Crippen LogP contribution < -0.4 is 10.5 Å². The largest absolute Gasteiger partial charge is 0.486 e. The Balaban J connectivity index is 1.97. The number of hydrogen-bond donors (Lipinski definition) is 1. The van der Waals surface area contributed by atoms with E-state index >= 15 is 0 Å². The summed E-state index contributed by atoms with van der Waals surface area (Å²) in [7, 11) is 2.02. The van der Waals surface area contributed by atoms with Gasteiger partial charge >= 0.3 is 0 Å². The number of nitrogens with two attached hydrogens (primary N) is 1. The van der Waals surface area contributed by atoms with Gasteiger partial charge in [-0.3, -0.25) is 14.7 Å². The molecule has 0 saturated carbocycles. The van der Waals surface area contributed by atoms with Crippen molar-refractivity contribution in [1.29, 1.82) is 0 Å². The summed E-state index contributed by atoms with van der Waals surface area (Å²) in [4.78, 5) is 18.1. The van der Waals surface area contributed by atoms with Crippen molar-refractivity contribution in [2.45, 2.75) is 12.5 Å². The average molecular weight is 259 g/mol. The molecule has 1 fully saturated rings. The zero-order valence-electron chi connectivity index (χ0n) is 10.9. The minimum atomic E-state index is -0.230. The molecule has 0 aliphatic carbocycles. The monoisotopic (exact) mass is 259 g/mol. The van der Waals surface area contributed by atoms with E-state index in [1.807, 2.05) is 25.2 Å². The summed E-state index contributed by atoms with van der Waals surface area (Å²) in [5, 5.41) is 0. The van der Waals surface area contributed by atoms with Crippen molar-refractivity contribution in [2.75, 3.05) is 20.2 Å². The minimum absolute atomic E-state index is 0.0416. The molecular weight excluding hydrogens is 242 g/mol. The predicted octanol–water partition coefficient (Wildman–Crippen LogP) is 1.26. The maximum Gasteiger partial charge on any atom is 0.222 e. The molecule has 2 N–H and O–H groups in total. The van der Waals surface area contributed by atoms with Gasteiger partial charge in [0.15, 0.2) is 0 Å². The van der Waals surface area contributed by atoms with Gasteiger partial charge < -0.3 is 10.5 Å². The lowest BCUT2D eigenvalue weighted by atomic mass is 9.93. The van der Waals surface area contributed by atoms with E-state index in [4.69, 9.17) is 10.5 Å². The first-order chi connectivity index (χ1) is 9.16. The molecular formula is C14H17N3O2. The summed E-state index contributed by atoms with van der Waals surface area (Å²) in [5.74, 6) is 0.436. The molecule has 0 radical (unpaired) electrons. The molecule has 2 aliphatic heterocycles. The fourth-order valence-electron chi connectivity index (χ4n) is 2.94. The molecule has 1 aromatic rings. The summed E-state index contributed by atoms with van der Waals surface area (Å²) in [6.45, 7) is 1.40. The topological polar surface area (TPSA) is 67.9 Å². The smallest absolute Gasteiger partial charge is 0.222 e. The number of amides is 1. The van der Waals surface area contributed by atoms with Gasteiger partial charge in [-0.05, 0) is 37.7 Å². The van der Waals surface area contributed by atoms with Crippen LogP contribution in [-0.4, -0.2) is 37.2 Å². The van der Waals surface area contributed by atoms with Crippen LogP contribution in [0.4, 0.5) is 5.69 Å². The van der Waals surface area contributed by atoms with Gasteiger partial charge in [0.2, 0.25) is 5.91 Å². The molecule has 0 aromatic heterocycles. The lowest BCUT2D eigenvalue weighted by Gasteiger charge is -2.25. The number of primary amides is 1. The highest BCUT2D eigenvalue weighted by Gasteiger charge is 2.36. The van der Waals surface area contributed by atoms with Gasteiger partial charge in [0.25, 0.3) is 0 Å². The second-order valence-electron chi connectivity index (χ2n) is 5.07. The van der Waals surface area contributed by atoms with Crippen LogP contribution in [0.2, 0.25) is 0 Å². The number of benzene rings is 1. The molecule has 19 heavy (non-hydrogen) atoms. The van der Waals surface area contributed by atoms with Crippen LogP contribution in [0.25, 0.3) is 0 Å². The van der Waals surface area contributed by atoms with Crippen LogP contribution in [0, 0.1) is 5.92 Å². The number of aliphatic imine (C=N–C) groups is 1. The van der Waals surface area contributed by atoms with Gasteiger partial charge in [0.05, 0.1) is 5.92 Å². The Morgan fingerprint density at radius 1 is 1.53 bits per heavy atom. The van der Waals surface area contributed by atoms with E-state index in [9.17, 15) is 4.79 Å². The Morgan fingerprint density at radius 3 is 3.16 bits per heavy atom. The summed E-state index contributed by atoms with van der Waals surface area (Å²) < 4.78 is 5.49. The molecule has 2 atom stereocenters. The van der Waals surface area contributed by atoms with Gasteiger partial charge in [0, 0.05) is 12.3 Å². The third kappa shape index (κ3) is 2.10. The maximum absolute atomic E-state index is 11.6. The predicted molar refractivity (Wildman–Crippen MR) is 72.8 cm³/mol. The number of carbonyl (C=O) groups excluding carboxylic acids is 1. The fraction of sp³-hybridized carbons (Fsp3) is 0.429. The molecule has 1 amide bonds. The fourth-order valence-corrected chi connectivity index (χ4v) is 2.94. The van der Waals surface area contributed by atoms with E-state index in [1.54, 1.807) is 6.21 Å². The molecule has 2 unspecified atom stereocenters. The van der Waals surface area contributed by atoms with Gasteiger partial charge in [-0.2, -0.15) is 0 Å². The first-order valence-electron chi connectivity index (χ1n) is 6.45. The number of likely N-dealkylation sites (tertiary alicyclic amines) is 1. The first-order valence-corrected chi connectivity index (χ1v) is 6.45. The van der Waals surface area contributed by atoms with Crippen molar-refractivity contribution < 1.29 is 9.53 Å². The third-order valence-corrected chi connectivity index (χ3v) is 3.88. The molecule has 5 nitrogen and oxygen atoms in total. The van der Waals surface area contributed by atoms with E-state index in [0.717, 1.165) is 30.0 Å². The summed E-state index contributed by atoms with van der Waals surface area (Å²) in [6, 6.07) is 5.96. The zero-order chi connectivity index (χ0) is 13.4. The highest BCUT2D eigenvalue weighted by molar-refractivity contribution is 5.78. The van der Waals surface area contributed by atoms with E-state index in [1.165, 1.54) is 0 Å². The van der Waals surface area contributed by atoms with Gasteiger partial charge in [-0.1, -0.05) is 6.07 Å². The lowest BCUT2D eigenvalue weighted by molar-refractivity contribution is -0.122. The third-order valence-electron chi connectivity index (χ3n) is 3.88. The number of hydrogen-bond acceptors (Lipinski definition) is 4. The average Bonchev–Trinajstić information content (AvgIpc) is 2.80. The van der Waals surface area contributed by atoms with Crippen molar-refractivity contribution in [3.63, 3.8) is 0 Å². The summed E-state index contributed by atoms with van der Waals surface area (Å²) in [5.41, 5.74) is 7.41. The SMILES string of the molecule is CN1CCC(C(N)=O)C1c1ccc2c(c1)N=CCO2. The summed E-state index contributed by atoms with van der Waals surface area (Å²) in [6.07, 6.45) is 2.56. The Kier molecular flexibility index (Phi) is 2.98. The molecule has 0 spiro atoms. The number of fused-ring (bicyclic) bond motifs is 1. The van der Waals surface area contributed by atoms with E-state index in [0.29, 0.717) is 6.61 Å². The molecule has 2 heterocycles. The van der Waals surface area contributed by atoms with Crippen molar-refractivity contribution in [3.05, 3.63) is 23.8 Å². The standard InChI is InChI=1S/C14H17N3O2/c1-17-6-4-10(14(15)18)13(17)9-2-3-12-11(8-9)16-5-7-19-12/h2-3,5,8,10,13H,4,6-7H2,1H3,(H2,15,18). The summed E-state index contributed by atoms with van der Waals surface area (Å²) >= 11 is 0. The normalized spacial score (nSPS) is 25.9.